The molecule has 5 heteroatoms. The number of carbonyl (C=O) groups is 1. The average Bonchev–Trinajstić information content (AvgIpc) is 2.87. The van der Waals surface area contributed by atoms with Crippen LogP contribution in [-0.4, -0.2) is 10.5 Å². The monoisotopic (exact) mass is 354 g/mol. The summed E-state index contributed by atoms with van der Waals surface area (Å²) in [7, 11) is 0. The summed E-state index contributed by atoms with van der Waals surface area (Å²) >= 11 is 1.50. The predicted octanol–water partition coefficient (Wildman–Crippen LogP) is 4.31. The van der Waals surface area contributed by atoms with Crippen molar-refractivity contribution in [3.8, 4) is 0 Å². The molecule has 0 aliphatic carbocycles. The van der Waals surface area contributed by atoms with E-state index < -0.39 is 0 Å². The Morgan fingerprint density at radius 2 is 1.92 bits per heavy atom. The molecule has 1 heterocycles. The van der Waals surface area contributed by atoms with Gasteiger partial charge in [0, 0.05) is 6.54 Å². The first-order chi connectivity index (χ1) is 12.0. The topological polar surface area (TPSA) is 34.4 Å². The average molecular weight is 354 g/mol. The van der Waals surface area contributed by atoms with Gasteiger partial charge in [-0.3, -0.25) is 4.79 Å². The van der Waals surface area contributed by atoms with Crippen LogP contribution in [0.15, 0.2) is 54.0 Å². The highest BCUT2D eigenvalue weighted by Gasteiger charge is 2.09. The molecule has 0 saturated heterocycles. The number of allylic oxidation sites excluding steroid dienone is 1. The van der Waals surface area contributed by atoms with E-state index in [1.165, 1.54) is 34.6 Å². The number of hydrogen-bond acceptors (Lipinski definition) is 2. The lowest BCUT2D eigenvalue weighted by Crippen LogP contribution is -2.17. The maximum Gasteiger partial charge on any atom is 0.252 e. The molecular formula is C20H19FN2OS. The number of aromatic nitrogens is 1. The fourth-order valence-electron chi connectivity index (χ4n) is 2.64. The second-order valence-corrected chi connectivity index (χ2v) is 7.01. The lowest BCUT2D eigenvalue weighted by molar-refractivity contribution is -0.117. The van der Waals surface area contributed by atoms with Crippen LogP contribution in [-0.2, 0) is 17.8 Å². The van der Waals surface area contributed by atoms with E-state index in [2.05, 4.69) is 37.6 Å². The van der Waals surface area contributed by atoms with E-state index in [4.69, 9.17) is 0 Å². The molecule has 0 unspecified atom stereocenters. The Morgan fingerprint density at radius 3 is 2.60 bits per heavy atom. The van der Waals surface area contributed by atoms with Gasteiger partial charge < -0.3 is 4.57 Å². The molecule has 3 nitrogen and oxygen atoms in total. The van der Waals surface area contributed by atoms with Crippen molar-refractivity contribution in [3.63, 3.8) is 0 Å². The van der Waals surface area contributed by atoms with Crippen molar-refractivity contribution >= 4 is 27.5 Å². The molecule has 0 fully saturated rings. The van der Waals surface area contributed by atoms with Crippen molar-refractivity contribution in [2.45, 2.75) is 26.8 Å². The molecule has 0 spiro atoms. The molecule has 0 N–H and O–H groups in total. The molecule has 1 aromatic heterocycles. The van der Waals surface area contributed by atoms with E-state index in [0.717, 1.165) is 15.8 Å². The fraction of sp³-hybridized carbons (Fsp3) is 0.200. The lowest BCUT2D eigenvalue weighted by atomic mass is 10.1. The van der Waals surface area contributed by atoms with Crippen LogP contribution in [0.5, 0.6) is 0 Å². The first-order valence-corrected chi connectivity index (χ1v) is 8.83. The highest BCUT2D eigenvalue weighted by Crippen LogP contribution is 2.22. The molecule has 2 aromatic carbocycles. The first-order valence-electron chi connectivity index (χ1n) is 8.01. The van der Waals surface area contributed by atoms with Gasteiger partial charge in [0.05, 0.1) is 16.6 Å². The molecule has 0 bridgehead atoms. The van der Waals surface area contributed by atoms with E-state index in [1.54, 1.807) is 18.2 Å². The predicted molar refractivity (Wildman–Crippen MR) is 100 cm³/mol. The quantitative estimate of drug-likeness (QED) is 0.643. The third-order valence-electron chi connectivity index (χ3n) is 4.10. The van der Waals surface area contributed by atoms with Crippen molar-refractivity contribution in [2.75, 3.05) is 0 Å². The van der Waals surface area contributed by atoms with Crippen molar-refractivity contribution in [1.29, 1.82) is 0 Å². The Labute approximate surface area is 149 Å². The highest BCUT2D eigenvalue weighted by atomic mass is 32.1. The number of aryl methyl sites for hydroxylation is 2. The molecule has 25 heavy (non-hydrogen) atoms. The van der Waals surface area contributed by atoms with Crippen LogP contribution in [0.1, 0.15) is 16.7 Å². The molecule has 0 aliphatic heterocycles. The molecule has 0 aliphatic rings. The summed E-state index contributed by atoms with van der Waals surface area (Å²) in [6.07, 6.45) is 1.95. The summed E-state index contributed by atoms with van der Waals surface area (Å²) < 4.78 is 16.1. The minimum Gasteiger partial charge on any atom is -0.312 e. The maximum absolute atomic E-state index is 13.0. The lowest BCUT2D eigenvalue weighted by Gasteiger charge is -2.04. The standard InChI is InChI=1S/C20H19FN2OS/c1-4-9-23-17-10-13(2)14(3)11-18(17)25-20(23)22-19(24)12-15-5-7-16(21)8-6-15/h4-8,10-11H,1,9,12H2,2-3H3. The van der Waals surface area contributed by atoms with Gasteiger partial charge in [-0.15, -0.1) is 6.58 Å². The van der Waals surface area contributed by atoms with Crippen molar-refractivity contribution in [2.24, 2.45) is 4.99 Å². The van der Waals surface area contributed by atoms with Crippen molar-refractivity contribution in [1.82, 2.24) is 4.57 Å². The SMILES string of the molecule is C=CCn1c(=NC(=O)Cc2ccc(F)cc2)sc2cc(C)c(C)cc21. The van der Waals surface area contributed by atoms with Crippen LogP contribution in [0.25, 0.3) is 10.2 Å². The molecule has 0 saturated carbocycles. The Morgan fingerprint density at radius 1 is 1.24 bits per heavy atom. The molecule has 128 valence electrons. The van der Waals surface area contributed by atoms with Gasteiger partial charge in [-0.05, 0) is 54.8 Å². The van der Waals surface area contributed by atoms with Crippen LogP contribution in [0.3, 0.4) is 0 Å². The van der Waals surface area contributed by atoms with Crippen molar-refractivity contribution < 1.29 is 9.18 Å². The fourth-order valence-corrected chi connectivity index (χ4v) is 3.77. The van der Waals surface area contributed by atoms with Crippen molar-refractivity contribution in [3.05, 3.63) is 76.4 Å². The van der Waals surface area contributed by atoms with Gasteiger partial charge in [0.2, 0.25) is 0 Å². The normalized spacial score (nSPS) is 11.9. The Kier molecular flexibility index (Phi) is 4.95. The highest BCUT2D eigenvalue weighted by molar-refractivity contribution is 7.16. The number of amides is 1. The van der Waals surface area contributed by atoms with Crippen LogP contribution < -0.4 is 4.80 Å². The van der Waals surface area contributed by atoms with E-state index >= 15 is 0 Å². The first kappa shape index (κ1) is 17.3. The van der Waals surface area contributed by atoms with Crippen LogP contribution in [0, 0.1) is 19.7 Å². The molecular weight excluding hydrogens is 335 g/mol. The molecule has 0 radical (unpaired) electrons. The second kappa shape index (κ2) is 7.15. The van der Waals surface area contributed by atoms with Crippen LogP contribution in [0.2, 0.25) is 0 Å². The third-order valence-corrected chi connectivity index (χ3v) is 5.14. The summed E-state index contributed by atoms with van der Waals surface area (Å²) in [5, 5.41) is 0. The Balaban J connectivity index is 2.02. The second-order valence-electron chi connectivity index (χ2n) is 6.00. The minimum atomic E-state index is -0.313. The van der Waals surface area contributed by atoms with Gasteiger partial charge in [0.25, 0.3) is 5.91 Å². The number of nitrogens with zero attached hydrogens (tertiary/aromatic N) is 2. The number of benzene rings is 2. The van der Waals surface area contributed by atoms with E-state index in [9.17, 15) is 9.18 Å². The van der Waals surface area contributed by atoms with Gasteiger partial charge in [0.15, 0.2) is 4.80 Å². The summed E-state index contributed by atoms with van der Waals surface area (Å²) in [4.78, 5) is 17.3. The zero-order valence-corrected chi connectivity index (χ0v) is 15.1. The summed E-state index contributed by atoms with van der Waals surface area (Å²) in [6.45, 7) is 8.53. The summed E-state index contributed by atoms with van der Waals surface area (Å²) in [5.74, 6) is -0.559. The Hall–Kier alpha value is -2.53. The molecule has 1 amide bonds. The van der Waals surface area contributed by atoms with Gasteiger partial charge in [0.1, 0.15) is 5.82 Å². The number of hydrogen-bond donors (Lipinski definition) is 0. The van der Waals surface area contributed by atoms with Crippen LogP contribution in [0.4, 0.5) is 4.39 Å². The number of rotatable bonds is 4. The van der Waals surface area contributed by atoms with Crippen LogP contribution >= 0.6 is 11.3 Å². The minimum absolute atomic E-state index is 0.153. The largest absolute Gasteiger partial charge is 0.312 e. The molecule has 3 rings (SSSR count). The van der Waals surface area contributed by atoms with Gasteiger partial charge in [-0.25, -0.2) is 4.39 Å². The zero-order chi connectivity index (χ0) is 18.0. The summed E-state index contributed by atoms with van der Waals surface area (Å²) in [5.41, 5.74) is 4.22. The smallest absolute Gasteiger partial charge is 0.252 e. The number of carbonyl (C=O) groups excluding carboxylic acids is 1. The van der Waals surface area contributed by atoms with E-state index in [0.29, 0.717) is 11.3 Å². The van der Waals surface area contributed by atoms with E-state index in [-0.39, 0.29) is 18.1 Å². The summed E-state index contributed by atoms with van der Waals surface area (Å²) in [6, 6.07) is 10.2. The third kappa shape index (κ3) is 3.77. The van der Waals surface area contributed by atoms with E-state index in [1.807, 2.05) is 4.57 Å². The number of thiazole rings is 1. The van der Waals surface area contributed by atoms with Gasteiger partial charge >= 0.3 is 0 Å². The van der Waals surface area contributed by atoms with Gasteiger partial charge in [-0.2, -0.15) is 4.99 Å². The molecule has 3 aromatic rings. The number of halogens is 1. The zero-order valence-electron chi connectivity index (χ0n) is 14.3. The Bertz CT molecular complexity index is 1010. The maximum atomic E-state index is 13.0. The molecule has 0 atom stereocenters. The van der Waals surface area contributed by atoms with Gasteiger partial charge in [-0.1, -0.05) is 29.5 Å². The number of fused-ring (bicyclic) bond motifs is 1.